The average Bonchev–Trinajstić information content (AvgIpc) is 2.81. The third-order valence-electron chi connectivity index (χ3n) is 3.46. The molecule has 0 aromatic heterocycles. The van der Waals surface area contributed by atoms with Crippen LogP contribution in [0.5, 0.6) is 0 Å². The Morgan fingerprint density at radius 3 is 2.32 bits per heavy atom. The Balaban J connectivity index is 3.06. The predicted octanol–water partition coefficient (Wildman–Crippen LogP) is 2.69. The van der Waals surface area contributed by atoms with Gasteiger partial charge in [0.2, 0.25) is 0 Å². The standard InChI is InChI=1S/C14H21ClO4/c1-3-18-12(16)14(13(17)19-4-2)9-5-7-11(14)8-6-10-15/h6,8,11H,3-5,7,9-10H2,1-2H3/b8-6+. The van der Waals surface area contributed by atoms with Crippen LogP contribution in [0.4, 0.5) is 0 Å². The molecule has 1 saturated carbocycles. The maximum Gasteiger partial charge on any atom is 0.324 e. The molecular formula is C14H21ClO4. The highest BCUT2D eigenvalue weighted by molar-refractivity contribution is 6.18. The number of allylic oxidation sites excluding steroid dienone is 2. The van der Waals surface area contributed by atoms with Gasteiger partial charge in [0.15, 0.2) is 5.41 Å². The summed E-state index contributed by atoms with van der Waals surface area (Å²) >= 11 is 5.64. The molecule has 0 spiro atoms. The van der Waals surface area contributed by atoms with Gasteiger partial charge in [-0.05, 0) is 26.7 Å². The zero-order chi connectivity index (χ0) is 14.3. The minimum Gasteiger partial charge on any atom is -0.465 e. The lowest BCUT2D eigenvalue weighted by Crippen LogP contribution is -2.44. The minimum absolute atomic E-state index is 0.190. The van der Waals surface area contributed by atoms with Gasteiger partial charge in [-0.3, -0.25) is 9.59 Å². The third kappa shape index (κ3) is 3.30. The number of hydrogen-bond acceptors (Lipinski definition) is 4. The van der Waals surface area contributed by atoms with Gasteiger partial charge in [0, 0.05) is 11.8 Å². The first kappa shape index (κ1) is 16.0. The summed E-state index contributed by atoms with van der Waals surface area (Å²) in [5, 5.41) is 0. The maximum absolute atomic E-state index is 12.3. The van der Waals surface area contributed by atoms with Crippen molar-refractivity contribution < 1.29 is 19.1 Å². The number of hydrogen-bond donors (Lipinski definition) is 0. The van der Waals surface area contributed by atoms with Gasteiger partial charge in [0.25, 0.3) is 0 Å². The quantitative estimate of drug-likeness (QED) is 0.326. The van der Waals surface area contributed by atoms with Crippen molar-refractivity contribution in [2.75, 3.05) is 19.1 Å². The van der Waals surface area contributed by atoms with Crippen molar-refractivity contribution in [2.45, 2.75) is 33.1 Å². The Kier molecular flexibility index (Phi) is 6.35. The maximum atomic E-state index is 12.3. The molecule has 4 nitrogen and oxygen atoms in total. The molecule has 0 amide bonds. The van der Waals surface area contributed by atoms with Gasteiger partial charge < -0.3 is 9.47 Å². The molecule has 19 heavy (non-hydrogen) atoms. The van der Waals surface area contributed by atoms with Crippen molar-refractivity contribution in [3.63, 3.8) is 0 Å². The van der Waals surface area contributed by atoms with Crippen LogP contribution in [-0.4, -0.2) is 31.0 Å². The highest BCUT2D eigenvalue weighted by atomic mass is 35.5. The van der Waals surface area contributed by atoms with E-state index in [9.17, 15) is 9.59 Å². The summed E-state index contributed by atoms with van der Waals surface area (Å²) in [6, 6.07) is 0. The van der Waals surface area contributed by atoms with Crippen molar-refractivity contribution in [3.05, 3.63) is 12.2 Å². The molecule has 5 heteroatoms. The van der Waals surface area contributed by atoms with E-state index in [2.05, 4.69) is 0 Å². The van der Waals surface area contributed by atoms with E-state index < -0.39 is 17.4 Å². The van der Waals surface area contributed by atoms with Gasteiger partial charge in [-0.1, -0.05) is 18.6 Å². The summed E-state index contributed by atoms with van der Waals surface area (Å²) < 4.78 is 10.2. The molecule has 108 valence electrons. The molecule has 1 aliphatic rings. The average molecular weight is 289 g/mol. The van der Waals surface area contributed by atoms with Crippen molar-refractivity contribution in [1.29, 1.82) is 0 Å². The first-order chi connectivity index (χ1) is 9.13. The van der Waals surface area contributed by atoms with Gasteiger partial charge in [-0.2, -0.15) is 0 Å². The van der Waals surface area contributed by atoms with Gasteiger partial charge in [-0.15, -0.1) is 11.6 Å². The normalized spacial score (nSPS) is 21.5. The number of carbonyl (C=O) groups is 2. The molecule has 0 aromatic rings. The molecule has 1 unspecified atom stereocenters. The van der Waals surface area contributed by atoms with Crippen LogP contribution in [0.3, 0.4) is 0 Å². The van der Waals surface area contributed by atoms with Crippen molar-refractivity contribution in [2.24, 2.45) is 11.3 Å². The number of rotatable bonds is 6. The van der Waals surface area contributed by atoms with Crippen LogP contribution in [0.1, 0.15) is 33.1 Å². The van der Waals surface area contributed by atoms with E-state index in [1.807, 2.05) is 6.08 Å². The number of carbonyl (C=O) groups excluding carboxylic acids is 2. The van der Waals surface area contributed by atoms with Crippen LogP contribution >= 0.6 is 11.6 Å². The predicted molar refractivity (Wildman–Crippen MR) is 72.9 cm³/mol. The monoisotopic (exact) mass is 288 g/mol. The largest absolute Gasteiger partial charge is 0.465 e. The Morgan fingerprint density at radius 1 is 1.26 bits per heavy atom. The van der Waals surface area contributed by atoms with Crippen LogP contribution in [0.15, 0.2) is 12.2 Å². The zero-order valence-corrected chi connectivity index (χ0v) is 12.2. The van der Waals surface area contributed by atoms with Crippen molar-refractivity contribution in [3.8, 4) is 0 Å². The molecule has 0 aliphatic heterocycles. The third-order valence-corrected chi connectivity index (χ3v) is 3.63. The van der Waals surface area contributed by atoms with Gasteiger partial charge in [0.1, 0.15) is 0 Å². The van der Waals surface area contributed by atoms with Crippen LogP contribution in [0.2, 0.25) is 0 Å². The fourth-order valence-corrected chi connectivity index (χ4v) is 2.72. The first-order valence-corrected chi connectivity index (χ1v) is 7.24. The lowest BCUT2D eigenvalue weighted by Gasteiger charge is -2.29. The molecule has 1 atom stereocenters. The van der Waals surface area contributed by atoms with Crippen LogP contribution in [0, 0.1) is 11.3 Å². The van der Waals surface area contributed by atoms with E-state index in [1.165, 1.54) is 0 Å². The summed E-state index contributed by atoms with van der Waals surface area (Å²) in [5.41, 5.74) is -1.19. The zero-order valence-electron chi connectivity index (χ0n) is 11.5. The van der Waals surface area contributed by atoms with Gasteiger partial charge in [-0.25, -0.2) is 0 Å². The number of esters is 2. The van der Waals surface area contributed by atoms with E-state index in [0.717, 1.165) is 12.8 Å². The Bertz CT molecular complexity index is 333. The van der Waals surface area contributed by atoms with Crippen molar-refractivity contribution in [1.82, 2.24) is 0 Å². The number of ether oxygens (including phenoxy) is 2. The lowest BCUT2D eigenvalue weighted by atomic mass is 9.77. The molecular weight excluding hydrogens is 268 g/mol. The van der Waals surface area contributed by atoms with Gasteiger partial charge >= 0.3 is 11.9 Å². The Labute approximate surface area is 119 Å². The SMILES string of the molecule is CCOC(=O)C1(C(=O)OCC)CCCC1/C=C/CCl. The smallest absolute Gasteiger partial charge is 0.324 e. The van der Waals surface area contributed by atoms with E-state index in [4.69, 9.17) is 21.1 Å². The van der Waals surface area contributed by atoms with E-state index in [-0.39, 0.29) is 19.1 Å². The molecule has 1 rings (SSSR count). The van der Waals surface area contributed by atoms with Gasteiger partial charge in [0.05, 0.1) is 13.2 Å². The summed E-state index contributed by atoms with van der Waals surface area (Å²) in [5.74, 6) is -0.784. The summed E-state index contributed by atoms with van der Waals surface area (Å²) in [4.78, 5) is 24.5. The molecule has 0 saturated heterocycles. The summed E-state index contributed by atoms with van der Waals surface area (Å²) in [6.45, 7) is 3.97. The highest BCUT2D eigenvalue weighted by Gasteiger charge is 2.56. The summed E-state index contributed by atoms with van der Waals surface area (Å²) in [6.07, 6.45) is 5.65. The second-order valence-electron chi connectivity index (χ2n) is 4.49. The molecule has 0 heterocycles. The molecule has 0 bridgehead atoms. The van der Waals surface area contributed by atoms with E-state index in [0.29, 0.717) is 12.3 Å². The molecule has 1 fully saturated rings. The van der Waals surface area contributed by atoms with Crippen LogP contribution in [-0.2, 0) is 19.1 Å². The van der Waals surface area contributed by atoms with Crippen LogP contribution in [0.25, 0.3) is 0 Å². The fourth-order valence-electron chi connectivity index (χ4n) is 2.62. The van der Waals surface area contributed by atoms with E-state index in [1.54, 1.807) is 19.9 Å². The summed E-state index contributed by atoms with van der Waals surface area (Å²) in [7, 11) is 0. The topological polar surface area (TPSA) is 52.6 Å². The molecule has 0 aromatic carbocycles. The second-order valence-corrected chi connectivity index (χ2v) is 4.80. The fraction of sp³-hybridized carbons (Fsp3) is 0.714. The highest BCUT2D eigenvalue weighted by Crippen LogP contribution is 2.46. The molecule has 0 N–H and O–H groups in total. The number of halogens is 1. The first-order valence-electron chi connectivity index (χ1n) is 6.70. The molecule has 0 radical (unpaired) electrons. The number of alkyl halides is 1. The minimum atomic E-state index is -1.19. The van der Waals surface area contributed by atoms with Crippen molar-refractivity contribution >= 4 is 23.5 Å². The molecule has 1 aliphatic carbocycles. The second kappa shape index (κ2) is 7.53. The Hall–Kier alpha value is -1.03. The lowest BCUT2D eigenvalue weighted by molar-refractivity contribution is -0.173. The van der Waals surface area contributed by atoms with Crippen LogP contribution < -0.4 is 0 Å². The van der Waals surface area contributed by atoms with E-state index >= 15 is 0 Å². The Morgan fingerprint density at radius 2 is 1.84 bits per heavy atom.